The Morgan fingerprint density at radius 1 is 1.38 bits per heavy atom. The second kappa shape index (κ2) is 7.61. The van der Waals surface area contributed by atoms with E-state index >= 15 is 0 Å². The summed E-state index contributed by atoms with van der Waals surface area (Å²) in [5.41, 5.74) is -0.194. The van der Waals surface area contributed by atoms with E-state index in [1.807, 2.05) is 0 Å². The monoisotopic (exact) mass is 379 g/mol. The molecule has 9 heteroatoms. The number of carbonyl (C=O) groups excluding carboxylic acids is 1. The summed E-state index contributed by atoms with van der Waals surface area (Å²) in [7, 11) is 0. The molecule has 0 bridgehead atoms. The van der Waals surface area contributed by atoms with E-state index in [1.54, 1.807) is 30.5 Å². The van der Waals surface area contributed by atoms with Gasteiger partial charge in [-0.15, -0.1) is 11.3 Å². The van der Waals surface area contributed by atoms with Crippen molar-refractivity contribution in [3.05, 3.63) is 63.5 Å². The Morgan fingerprint density at radius 2 is 2.15 bits per heavy atom. The molecule has 6 nitrogen and oxygen atoms in total. The highest BCUT2D eigenvalue weighted by Gasteiger charge is 2.21. The molecular formula is C17H15F2N3O3S. The molecule has 1 N–H and O–H groups in total. The zero-order valence-electron chi connectivity index (χ0n) is 13.7. The van der Waals surface area contributed by atoms with Crippen LogP contribution < -0.4 is 15.6 Å². The van der Waals surface area contributed by atoms with Gasteiger partial charge >= 0.3 is 6.61 Å². The van der Waals surface area contributed by atoms with Crippen LogP contribution in [0.1, 0.15) is 35.3 Å². The number of carbonyl (C=O) groups is 1. The Labute approximate surface area is 151 Å². The summed E-state index contributed by atoms with van der Waals surface area (Å²) in [6.07, 6.45) is 3.18. The number of thiazole rings is 1. The SMILES string of the molecule is CC[C@H](NC(=O)c1cnc2sccn2c1=O)c1ccccc1OC(F)F. The Bertz CT molecular complexity index is 987. The molecule has 136 valence electrons. The fourth-order valence-corrected chi connectivity index (χ4v) is 3.26. The summed E-state index contributed by atoms with van der Waals surface area (Å²) in [5, 5.41) is 4.39. The van der Waals surface area contributed by atoms with Gasteiger partial charge in [0.2, 0.25) is 0 Å². The first-order valence-corrected chi connectivity index (χ1v) is 8.68. The number of aromatic nitrogens is 2. The molecule has 0 radical (unpaired) electrons. The minimum absolute atomic E-state index is 0.0159. The van der Waals surface area contributed by atoms with Crippen molar-refractivity contribution in [1.82, 2.24) is 14.7 Å². The predicted octanol–water partition coefficient (Wildman–Crippen LogP) is 3.24. The maximum Gasteiger partial charge on any atom is 0.387 e. The normalized spacial score (nSPS) is 12.3. The summed E-state index contributed by atoms with van der Waals surface area (Å²) in [6.45, 7) is -1.18. The molecule has 0 unspecified atom stereocenters. The van der Waals surface area contributed by atoms with E-state index in [4.69, 9.17) is 0 Å². The van der Waals surface area contributed by atoms with E-state index in [1.165, 1.54) is 34.2 Å². The van der Waals surface area contributed by atoms with Gasteiger partial charge in [-0.25, -0.2) is 4.98 Å². The van der Waals surface area contributed by atoms with Crippen molar-refractivity contribution in [2.75, 3.05) is 0 Å². The summed E-state index contributed by atoms with van der Waals surface area (Å²) < 4.78 is 31.0. The van der Waals surface area contributed by atoms with Crippen LogP contribution in [0.2, 0.25) is 0 Å². The first-order valence-electron chi connectivity index (χ1n) is 7.80. The molecule has 1 amide bonds. The number of fused-ring (bicyclic) bond motifs is 1. The van der Waals surface area contributed by atoms with E-state index in [9.17, 15) is 18.4 Å². The van der Waals surface area contributed by atoms with Gasteiger partial charge < -0.3 is 10.1 Å². The molecular weight excluding hydrogens is 364 g/mol. The second-order valence-corrected chi connectivity index (χ2v) is 6.26. The molecule has 2 aromatic heterocycles. The van der Waals surface area contributed by atoms with E-state index in [0.717, 1.165) is 0 Å². The van der Waals surface area contributed by atoms with E-state index < -0.39 is 24.1 Å². The van der Waals surface area contributed by atoms with Gasteiger partial charge in [0, 0.05) is 23.3 Å². The fraction of sp³-hybridized carbons (Fsp3) is 0.235. The van der Waals surface area contributed by atoms with Gasteiger partial charge in [0.25, 0.3) is 11.5 Å². The van der Waals surface area contributed by atoms with Gasteiger partial charge in [-0.2, -0.15) is 8.78 Å². The number of halogens is 2. The molecule has 26 heavy (non-hydrogen) atoms. The summed E-state index contributed by atoms with van der Waals surface area (Å²) in [5.74, 6) is -0.639. The van der Waals surface area contributed by atoms with Crippen LogP contribution in [-0.2, 0) is 0 Å². The van der Waals surface area contributed by atoms with Crippen molar-refractivity contribution in [1.29, 1.82) is 0 Å². The first kappa shape index (κ1) is 18.0. The van der Waals surface area contributed by atoms with Gasteiger partial charge in [0.1, 0.15) is 11.3 Å². The lowest BCUT2D eigenvalue weighted by molar-refractivity contribution is -0.0506. The molecule has 1 atom stereocenters. The van der Waals surface area contributed by atoms with Gasteiger partial charge in [-0.1, -0.05) is 25.1 Å². The number of nitrogens with one attached hydrogen (secondary N) is 1. The van der Waals surface area contributed by atoms with Crippen LogP contribution in [0.5, 0.6) is 5.75 Å². The van der Waals surface area contributed by atoms with Crippen LogP contribution in [-0.4, -0.2) is 21.9 Å². The number of hydrogen-bond donors (Lipinski definition) is 1. The van der Waals surface area contributed by atoms with Crippen LogP contribution in [0, 0.1) is 0 Å². The summed E-state index contributed by atoms with van der Waals surface area (Å²) >= 11 is 1.28. The van der Waals surface area contributed by atoms with Crippen LogP contribution in [0.25, 0.3) is 4.96 Å². The van der Waals surface area contributed by atoms with E-state index in [2.05, 4.69) is 15.0 Å². The number of nitrogens with zero attached hydrogens (tertiary/aromatic N) is 2. The van der Waals surface area contributed by atoms with Crippen molar-refractivity contribution in [2.45, 2.75) is 26.0 Å². The molecule has 3 rings (SSSR count). The third-order valence-corrected chi connectivity index (χ3v) is 4.58. The Kier molecular flexibility index (Phi) is 5.27. The van der Waals surface area contributed by atoms with Crippen LogP contribution in [0.3, 0.4) is 0 Å². The van der Waals surface area contributed by atoms with Crippen LogP contribution in [0.15, 0.2) is 46.8 Å². The van der Waals surface area contributed by atoms with Gasteiger partial charge in [-0.05, 0) is 12.5 Å². The second-order valence-electron chi connectivity index (χ2n) is 5.38. The number of para-hydroxylation sites is 1. The number of amides is 1. The van der Waals surface area contributed by atoms with Gasteiger partial charge in [0.05, 0.1) is 6.04 Å². The number of ether oxygens (including phenoxy) is 1. The van der Waals surface area contributed by atoms with Crippen molar-refractivity contribution in [3.63, 3.8) is 0 Å². The maximum atomic E-state index is 12.6. The molecule has 1 aromatic carbocycles. The molecule has 0 spiro atoms. The first-order chi connectivity index (χ1) is 12.5. The molecule has 0 fully saturated rings. The average molecular weight is 379 g/mol. The van der Waals surface area contributed by atoms with Gasteiger partial charge in [-0.3, -0.25) is 14.0 Å². The minimum atomic E-state index is -2.97. The largest absolute Gasteiger partial charge is 0.434 e. The van der Waals surface area contributed by atoms with E-state index in [-0.39, 0.29) is 11.3 Å². The predicted molar refractivity (Wildman–Crippen MR) is 92.9 cm³/mol. The van der Waals surface area contributed by atoms with Gasteiger partial charge in [0.15, 0.2) is 4.96 Å². The lowest BCUT2D eigenvalue weighted by Crippen LogP contribution is -2.34. The number of rotatable bonds is 6. The lowest BCUT2D eigenvalue weighted by Gasteiger charge is -2.20. The molecule has 0 saturated carbocycles. The summed E-state index contributed by atoms with van der Waals surface area (Å²) in [6, 6.07) is 5.64. The molecule has 2 heterocycles. The highest BCUT2D eigenvalue weighted by atomic mass is 32.1. The zero-order valence-corrected chi connectivity index (χ0v) is 14.5. The maximum absolute atomic E-state index is 12.6. The molecule has 0 aliphatic carbocycles. The average Bonchev–Trinajstić information content (AvgIpc) is 3.09. The Balaban J connectivity index is 1.89. The van der Waals surface area contributed by atoms with Crippen molar-refractivity contribution in [2.24, 2.45) is 0 Å². The third-order valence-electron chi connectivity index (χ3n) is 3.81. The lowest BCUT2D eigenvalue weighted by atomic mass is 10.0. The summed E-state index contributed by atoms with van der Waals surface area (Å²) in [4.78, 5) is 29.5. The Hall–Kier alpha value is -2.81. The number of alkyl halides is 2. The van der Waals surface area contributed by atoms with Crippen molar-refractivity contribution < 1.29 is 18.3 Å². The van der Waals surface area contributed by atoms with Crippen molar-refractivity contribution in [3.8, 4) is 5.75 Å². The molecule has 3 aromatic rings. The smallest absolute Gasteiger partial charge is 0.387 e. The quantitative estimate of drug-likeness (QED) is 0.714. The zero-order chi connectivity index (χ0) is 18.7. The minimum Gasteiger partial charge on any atom is -0.434 e. The number of hydrogen-bond acceptors (Lipinski definition) is 5. The van der Waals surface area contributed by atoms with E-state index in [0.29, 0.717) is 16.9 Å². The topological polar surface area (TPSA) is 72.7 Å². The highest BCUT2D eigenvalue weighted by molar-refractivity contribution is 7.15. The fourth-order valence-electron chi connectivity index (χ4n) is 2.59. The van der Waals surface area contributed by atoms with Crippen LogP contribution in [0.4, 0.5) is 8.78 Å². The van der Waals surface area contributed by atoms with Crippen LogP contribution >= 0.6 is 11.3 Å². The Morgan fingerprint density at radius 3 is 2.88 bits per heavy atom. The highest BCUT2D eigenvalue weighted by Crippen LogP contribution is 2.28. The third kappa shape index (κ3) is 3.57. The van der Waals surface area contributed by atoms with Crippen molar-refractivity contribution >= 4 is 22.2 Å². The standard InChI is InChI=1S/C17H15F2N3O3S/c1-2-12(10-5-3-4-6-13(10)25-16(18)19)21-14(23)11-9-20-17-22(15(11)24)7-8-26-17/h3-9,12,16H,2H2,1H3,(H,21,23)/t12-/m0/s1. The molecule has 0 saturated heterocycles. The number of benzene rings is 1. The molecule has 0 aliphatic heterocycles. The molecule has 0 aliphatic rings.